The van der Waals surface area contributed by atoms with E-state index in [-0.39, 0.29) is 11.3 Å². The van der Waals surface area contributed by atoms with Gasteiger partial charge in [-0.25, -0.2) is 4.79 Å². The van der Waals surface area contributed by atoms with Crippen LogP contribution in [-0.2, 0) is 9.59 Å². The SMILES string of the molecule is CC1(C)S[C@@H]2CC(=O)N2[C@]1(I)C(=O)O. The van der Waals surface area contributed by atoms with Crippen LogP contribution < -0.4 is 0 Å². The third-order valence-corrected chi connectivity index (χ3v) is 6.98. The van der Waals surface area contributed by atoms with Gasteiger partial charge >= 0.3 is 5.97 Å². The highest BCUT2D eigenvalue weighted by Gasteiger charge is 2.68. The molecule has 1 N–H and O–H groups in total. The Morgan fingerprint density at radius 1 is 1.71 bits per heavy atom. The zero-order chi connectivity index (χ0) is 10.7. The molecule has 2 saturated heterocycles. The van der Waals surface area contributed by atoms with E-state index in [4.69, 9.17) is 0 Å². The molecule has 0 radical (unpaired) electrons. The number of β-lactam (4-membered cyclic amide) rings is 1. The number of hydrogen-bond acceptors (Lipinski definition) is 3. The van der Waals surface area contributed by atoms with E-state index in [1.807, 2.05) is 36.4 Å². The van der Waals surface area contributed by atoms with Crippen molar-refractivity contribution in [1.82, 2.24) is 4.90 Å². The summed E-state index contributed by atoms with van der Waals surface area (Å²) in [7, 11) is 0. The summed E-state index contributed by atoms with van der Waals surface area (Å²) in [5.41, 5.74) is 0. The van der Waals surface area contributed by atoms with Crippen LogP contribution in [-0.4, -0.2) is 35.5 Å². The van der Waals surface area contributed by atoms with Crippen LogP contribution >= 0.6 is 34.4 Å². The first kappa shape index (κ1) is 10.5. The van der Waals surface area contributed by atoms with Gasteiger partial charge in [-0.3, -0.25) is 4.79 Å². The van der Waals surface area contributed by atoms with Gasteiger partial charge in [0.05, 0.1) is 16.5 Å². The van der Waals surface area contributed by atoms with Crippen molar-refractivity contribution in [3.05, 3.63) is 0 Å². The lowest BCUT2D eigenvalue weighted by Gasteiger charge is -2.42. The highest BCUT2D eigenvalue weighted by atomic mass is 127. The molecule has 2 heterocycles. The van der Waals surface area contributed by atoms with Crippen LogP contribution in [0.4, 0.5) is 0 Å². The molecule has 2 aliphatic heterocycles. The second-order valence-corrected chi connectivity index (χ2v) is 7.34. The average Bonchev–Trinajstić information content (AvgIpc) is 2.16. The molecule has 1 amide bonds. The van der Waals surface area contributed by atoms with Gasteiger partial charge in [-0.15, -0.1) is 11.8 Å². The number of rotatable bonds is 1. The fourth-order valence-electron chi connectivity index (χ4n) is 1.92. The Balaban J connectivity index is 2.45. The molecule has 6 heteroatoms. The van der Waals surface area contributed by atoms with E-state index < -0.39 is 14.3 Å². The monoisotopic (exact) mass is 327 g/mol. The maximum atomic E-state index is 11.4. The number of carbonyl (C=O) groups is 2. The summed E-state index contributed by atoms with van der Waals surface area (Å²) in [6, 6.07) is 0. The Morgan fingerprint density at radius 2 is 2.29 bits per heavy atom. The fourth-order valence-corrected chi connectivity index (χ4v) is 4.73. The number of carboxylic acids is 1. The van der Waals surface area contributed by atoms with E-state index in [0.29, 0.717) is 6.42 Å². The molecule has 0 unspecified atom stereocenters. The van der Waals surface area contributed by atoms with Gasteiger partial charge in [0.1, 0.15) is 0 Å². The number of aliphatic carboxylic acids is 1. The largest absolute Gasteiger partial charge is 0.479 e. The minimum absolute atomic E-state index is 0.0510. The molecule has 0 spiro atoms. The molecule has 4 nitrogen and oxygen atoms in total. The summed E-state index contributed by atoms with van der Waals surface area (Å²) in [6.45, 7) is 3.76. The number of alkyl halides is 1. The summed E-state index contributed by atoms with van der Waals surface area (Å²) < 4.78 is -1.52. The summed E-state index contributed by atoms with van der Waals surface area (Å²) in [4.78, 5) is 24.1. The lowest BCUT2D eigenvalue weighted by atomic mass is 9.98. The Morgan fingerprint density at radius 3 is 2.64 bits per heavy atom. The lowest BCUT2D eigenvalue weighted by molar-refractivity contribution is -0.158. The molecule has 0 aromatic carbocycles. The Kier molecular flexibility index (Phi) is 2.09. The van der Waals surface area contributed by atoms with Gasteiger partial charge < -0.3 is 10.0 Å². The van der Waals surface area contributed by atoms with E-state index >= 15 is 0 Å². The second kappa shape index (κ2) is 2.78. The van der Waals surface area contributed by atoms with Crippen molar-refractivity contribution < 1.29 is 14.7 Å². The molecular weight excluding hydrogens is 317 g/mol. The van der Waals surface area contributed by atoms with Crippen LogP contribution in [0.3, 0.4) is 0 Å². The van der Waals surface area contributed by atoms with Gasteiger partial charge in [-0.2, -0.15) is 0 Å². The minimum Gasteiger partial charge on any atom is -0.479 e. The first-order valence-corrected chi connectivity index (χ1v) is 6.19. The van der Waals surface area contributed by atoms with Gasteiger partial charge in [0.25, 0.3) is 0 Å². The number of hydrogen-bond donors (Lipinski definition) is 1. The quantitative estimate of drug-likeness (QED) is 0.341. The third kappa shape index (κ3) is 1.01. The van der Waals surface area contributed by atoms with E-state index in [1.54, 1.807) is 11.8 Å². The van der Waals surface area contributed by atoms with Crippen molar-refractivity contribution in [2.75, 3.05) is 0 Å². The second-order valence-electron chi connectivity index (χ2n) is 3.98. The molecule has 0 aromatic rings. The van der Waals surface area contributed by atoms with E-state index in [9.17, 15) is 14.7 Å². The Hall–Kier alpha value is 0.0200. The topological polar surface area (TPSA) is 57.6 Å². The maximum Gasteiger partial charge on any atom is 0.341 e. The standard InChI is InChI=1S/C8H10INO3S/c1-7(2)8(9,6(12)13)10-4(11)3-5(10)14-7/h5H,3H2,1-2H3,(H,12,13)/t5-,8-/m1/s1. The van der Waals surface area contributed by atoms with Crippen LogP contribution in [0, 0.1) is 0 Å². The highest BCUT2D eigenvalue weighted by molar-refractivity contribution is 14.1. The molecule has 0 aromatic heterocycles. The van der Waals surface area contributed by atoms with E-state index in [2.05, 4.69) is 0 Å². The van der Waals surface area contributed by atoms with Crippen molar-refractivity contribution in [2.45, 2.75) is 33.9 Å². The van der Waals surface area contributed by atoms with Crippen molar-refractivity contribution >= 4 is 46.2 Å². The molecule has 0 bridgehead atoms. The first-order valence-electron chi connectivity index (χ1n) is 4.23. The van der Waals surface area contributed by atoms with Crippen LogP contribution in [0.5, 0.6) is 0 Å². The predicted molar refractivity (Wildman–Crippen MR) is 61.3 cm³/mol. The maximum absolute atomic E-state index is 11.4. The number of fused-ring (bicyclic) bond motifs is 1. The molecule has 2 atom stereocenters. The molecular formula is C8H10INO3S. The van der Waals surface area contributed by atoms with Gasteiger partial charge in [-0.05, 0) is 36.4 Å². The van der Waals surface area contributed by atoms with Gasteiger partial charge in [-0.1, -0.05) is 0 Å². The number of amides is 1. The van der Waals surface area contributed by atoms with Gasteiger partial charge in [0.15, 0.2) is 0 Å². The third-order valence-electron chi connectivity index (χ3n) is 2.75. The van der Waals surface area contributed by atoms with Crippen LogP contribution in [0.25, 0.3) is 0 Å². The smallest absolute Gasteiger partial charge is 0.341 e. The number of thioether (sulfide) groups is 1. The zero-order valence-electron chi connectivity index (χ0n) is 7.78. The van der Waals surface area contributed by atoms with Crippen LogP contribution in [0.15, 0.2) is 0 Å². The predicted octanol–water partition coefficient (Wildman–Crippen LogP) is 1.29. The number of nitrogens with zero attached hydrogens (tertiary/aromatic N) is 1. The molecule has 2 aliphatic rings. The molecule has 2 fully saturated rings. The van der Waals surface area contributed by atoms with Crippen LogP contribution in [0.1, 0.15) is 20.3 Å². The van der Waals surface area contributed by atoms with E-state index in [0.717, 1.165) is 0 Å². The number of carboxylic acid groups (broad SMARTS) is 1. The molecule has 78 valence electrons. The first-order chi connectivity index (χ1) is 6.30. The van der Waals surface area contributed by atoms with Crippen LogP contribution in [0.2, 0.25) is 0 Å². The average molecular weight is 327 g/mol. The molecule has 0 saturated carbocycles. The summed E-state index contributed by atoms with van der Waals surface area (Å²) >= 11 is 3.46. The highest BCUT2D eigenvalue weighted by Crippen LogP contribution is 2.59. The van der Waals surface area contributed by atoms with Crippen molar-refractivity contribution in [3.63, 3.8) is 0 Å². The van der Waals surface area contributed by atoms with Gasteiger partial charge in [0, 0.05) is 0 Å². The van der Waals surface area contributed by atoms with Crippen molar-refractivity contribution in [2.24, 2.45) is 0 Å². The lowest BCUT2D eigenvalue weighted by Crippen LogP contribution is -2.63. The number of halogens is 1. The molecule has 2 rings (SSSR count). The zero-order valence-corrected chi connectivity index (χ0v) is 10.8. The summed E-state index contributed by atoms with van der Waals surface area (Å²) in [5, 5.41) is 9.29. The Bertz CT molecular complexity index is 333. The Labute approximate surface area is 99.5 Å². The minimum atomic E-state index is -1.09. The number of carbonyl (C=O) groups excluding carboxylic acids is 1. The molecule has 0 aliphatic carbocycles. The summed E-state index contributed by atoms with van der Waals surface area (Å²) in [6.07, 6.45) is 0.478. The molecule has 14 heavy (non-hydrogen) atoms. The van der Waals surface area contributed by atoms with E-state index in [1.165, 1.54) is 4.90 Å². The van der Waals surface area contributed by atoms with Gasteiger partial charge in [0.2, 0.25) is 9.45 Å². The fraction of sp³-hybridized carbons (Fsp3) is 0.750. The van der Waals surface area contributed by atoms with Crippen molar-refractivity contribution in [3.8, 4) is 0 Å². The summed E-state index contributed by atoms with van der Waals surface area (Å²) in [5.74, 6) is -0.976. The normalized spacial score (nSPS) is 39.2. The van der Waals surface area contributed by atoms with Crippen molar-refractivity contribution in [1.29, 1.82) is 0 Å².